The lowest BCUT2D eigenvalue weighted by atomic mass is 9.96. The largest absolute Gasteiger partial charge is 0.490 e. The van der Waals surface area contributed by atoms with Gasteiger partial charge in [0.1, 0.15) is 24.1 Å². The fraction of sp³-hybridized carbons (Fsp3) is 0.538. The van der Waals surface area contributed by atoms with Gasteiger partial charge in [0.25, 0.3) is 5.91 Å². The predicted octanol–water partition coefficient (Wildman–Crippen LogP) is 4.32. The van der Waals surface area contributed by atoms with Crippen molar-refractivity contribution in [2.75, 3.05) is 38.7 Å². The maximum Gasteiger partial charge on any atom is 0.254 e. The molecular formula is C39H49ClN2O9S. The van der Waals surface area contributed by atoms with Gasteiger partial charge in [0.15, 0.2) is 6.10 Å². The Kier molecular flexibility index (Phi) is 13.5. The number of nitrogens with zero attached hydrogens (tertiary/aromatic N) is 2. The molecule has 2 aromatic carbocycles. The number of hydrogen-bond acceptors (Lipinski definition) is 11. The number of halogens is 1. The van der Waals surface area contributed by atoms with E-state index in [9.17, 15) is 25.2 Å². The number of benzene rings is 2. The number of hydrogen-bond donors (Lipinski definition) is 5. The van der Waals surface area contributed by atoms with Crippen LogP contribution in [0, 0.1) is 5.92 Å². The van der Waals surface area contributed by atoms with Crippen LogP contribution in [0.3, 0.4) is 0 Å². The first-order chi connectivity index (χ1) is 25.2. The zero-order valence-corrected chi connectivity index (χ0v) is 30.8. The van der Waals surface area contributed by atoms with Crippen molar-refractivity contribution in [3.8, 4) is 16.9 Å². The highest BCUT2D eigenvalue weighted by Gasteiger charge is 2.48. The number of aliphatic hydroxyl groups excluding tert-OH is 5. The van der Waals surface area contributed by atoms with Crippen LogP contribution in [-0.4, -0.2) is 111 Å². The molecule has 1 aliphatic heterocycles. The number of pyridine rings is 1. The third-order valence-corrected chi connectivity index (χ3v) is 11.5. The highest BCUT2D eigenvalue weighted by molar-refractivity contribution is 7.99. The van der Waals surface area contributed by atoms with E-state index >= 15 is 0 Å². The summed E-state index contributed by atoms with van der Waals surface area (Å²) in [5.74, 6) is 0.978. The van der Waals surface area contributed by atoms with Crippen LogP contribution in [0.5, 0.6) is 5.75 Å². The lowest BCUT2D eigenvalue weighted by Crippen LogP contribution is -2.53. The second-order valence-electron chi connectivity index (χ2n) is 14.0. The molecule has 3 fully saturated rings. The number of aromatic nitrogens is 1. The smallest absolute Gasteiger partial charge is 0.254 e. The molecule has 1 saturated heterocycles. The van der Waals surface area contributed by atoms with Gasteiger partial charge in [0.2, 0.25) is 0 Å². The zero-order chi connectivity index (χ0) is 36.7. The average Bonchev–Trinajstić information content (AvgIpc) is 4.13. The van der Waals surface area contributed by atoms with Crippen molar-refractivity contribution in [3.63, 3.8) is 0 Å². The summed E-state index contributed by atoms with van der Waals surface area (Å²) in [5, 5.41) is 50.6. The van der Waals surface area contributed by atoms with E-state index in [2.05, 4.69) is 11.1 Å². The molecule has 1 aromatic heterocycles. The Labute approximate surface area is 313 Å². The van der Waals surface area contributed by atoms with Crippen LogP contribution in [0.1, 0.15) is 56.1 Å². The van der Waals surface area contributed by atoms with E-state index < -0.39 is 42.5 Å². The molecule has 4 atom stereocenters. The van der Waals surface area contributed by atoms with E-state index in [1.165, 1.54) is 4.90 Å². The number of aliphatic hydroxyl groups is 5. The minimum absolute atomic E-state index is 0.171. The summed E-state index contributed by atoms with van der Waals surface area (Å²) in [5.41, 5.74) is 3.55. The lowest BCUT2D eigenvalue weighted by molar-refractivity contribution is -0.159. The first-order valence-electron chi connectivity index (χ1n) is 18.1. The van der Waals surface area contributed by atoms with E-state index in [1.54, 1.807) is 18.0 Å². The van der Waals surface area contributed by atoms with Gasteiger partial charge >= 0.3 is 0 Å². The standard InChI is InChI=1S/C39H49ClN2O9S/c40-32-9-8-28(52-19-3-16-42(22-25-11-17-49-18-12-25)38(48)37(47)36(46)35(45)33(44)23-43)20-26(32)24-50-39(13-14-39)31-21-41-15-10-29(31)30-4-1-2-5-34(30)51-27-6-7-27/h1-2,4-5,8-10,15,20-21,25,27,33,35-37,43-47H,3,6-7,11-14,16-19,22-24H2. The third-order valence-electron chi connectivity index (χ3n) is 10.0. The van der Waals surface area contributed by atoms with Crippen molar-refractivity contribution < 1.29 is 44.5 Å². The summed E-state index contributed by atoms with van der Waals surface area (Å²) in [6, 6.07) is 16.0. The molecule has 2 aliphatic carbocycles. The molecule has 5 N–H and O–H groups in total. The molecule has 6 rings (SSSR count). The molecule has 0 radical (unpaired) electrons. The van der Waals surface area contributed by atoms with Crippen LogP contribution in [0.4, 0.5) is 0 Å². The van der Waals surface area contributed by atoms with Crippen LogP contribution >= 0.6 is 23.4 Å². The van der Waals surface area contributed by atoms with E-state index in [0.29, 0.717) is 50.1 Å². The maximum atomic E-state index is 13.3. The van der Waals surface area contributed by atoms with E-state index in [0.717, 1.165) is 71.4 Å². The fourth-order valence-electron chi connectivity index (χ4n) is 6.56. The van der Waals surface area contributed by atoms with Crippen molar-refractivity contribution in [1.29, 1.82) is 0 Å². The Bertz CT molecular complexity index is 1630. The van der Waals surface area contributed by atoms with Gasteiger partial charge in [0.05, 0.1) is 24.9 Å². The highest BCUT2D eigenvalue weighted by atomic mass is 35.5. The van der Waals surface area contributed by atoms with Gasteiger partial charge in [-0.05, 0) is 98.1 Å². The van der Waals surface area contributed by atoms with Gasteiger partial charge in [-0.25, -0.2) is 0 Å². The Morgan fingerprint density at radius 3 is 2.52 bits per heavy atom. The quantitative estimate of drug-likeness (QED) is 0.0875. The number of thioether (sulfide) groups is 1. The van der Waals surface area contributed by atoms with Crippen LogP contribution in [0.15, 0.2) is 65.8 Å². The molecule has 3 aliphatic rings. The molecule has 2 heterocycles. The van der Waals surface area contributed by atoms with Crippen molar-refractivity contribution in [2.45, 2.75) is 92.6 Å². The molecule has 1 amide bonds. The van der Waals surface area contributed by atoms with Gasteiger partial charge in [0, 0.05) is 59.7 Å². The van der Waals surface area contributed by atoms with Gasteiger partial charge in [-0.1, -0.05) is 29.8 Å². The first-order valence-corrected chi connectivity index (χ1v) is 19.5. The summed E-state index contributed by atoms with van der Waals surface area (Å²) < 4.78 is 18.4. The maximum absolute atomic E-state index is 13.3. The zero-order valence-electron chi connectivity index (χ0n) is 29.2. The molecule has 11 nitrogen and oxygen atoms in total. The summed E-state index contributed by atoms with van der Waals surface area (Å²) in [4.78, 5) is 20.3. The molecule has 3 aromatic rings. The third kappa shape index (κ3) is 9.85. The van der Waals surface area contributed by atoms with Crippen LogP contribution < -0.4 is 4.74 Å². The lowest BCUT2D eigenvalue weighted by Gasteiger charge is -2.33. The molecule has 282 valence electrons. The monoisotopic (exact) mass is 756 g/mol. The summed E-state index contributed by atoms with van der Waals surface area (Å²) in [7, 11) is 0. The Hall–Kier alpha value is -2.78. The van der Waals surface area contributed by atoms with Gasteiger partial charge in [-0.3, -0.25) is 9.78 Å². The number of carbonyl (C=O) groups is 1. The van der Waals surface area contributed by atoms with E-state index in [-0.39, 0.29) is 12.0 Å². The van der Waals surface area contributed by atoms with Gasteiger partial charge in [-0.2, -0.15) is 0 Å². The molecule has 0 spiro atoms. The van der Waals surface area contributed by atoms with E-state index in [4.69, 9.17) is 30.9 Å². The number of ether oxygens (including phenoxy) is 3. The van der Waals surface area contributed by atoms with Crippen molar-refractivity contribution in [1.82, 2.24) is 9.88 Å². The van der Waals surface area contributed by atoms with Gasteiger partial charge in [-0.15, -0.1) is 11.8 Å². The summed E-state index contributed by atoms with van der Waals surface area (Å²) in [6.07, 6.45) is 2.56. The fourth-order valence-corrected chi connectivity index (χ4v) is 7.63. The summed E-state index contributed by atoms with van der Waals surface area (Å²) in [6.45, 7) is 1.37. The Balaban J connectivity index is 1.07. The van der Waals surface area contributed by atoms with Crippen molar-refractivity contribution >= 4 is 29.3 Å². The minimum Gasteiger partial charge on any atom is -0.490 e. The van der Waals surface area contributed by atoms with Crippen LogP contribution in [0.2, 0.25) is 5.02 Å². The molecule has 4 unspecified atom stereocenters. The normalized spacial score (nSPS) is 19.4. The highest BCUT2D eigenvalue weighted by Crippen LogP contribution is 2.53. The molecular weight excluding hydrogens is 708 g/mol. The van der Waals surface area contributed by atoms with Crippen LogP contribution in [-0.2, 0) is 26.5 Å². The Morgan fingerprint density at radius 2 is 1.79 bits per heavy atom. The predicted molar refractivity (Wildman–Crippen MR) is 197 cm³/mol. The second-order valence-corrected chi connectivity index (χ2v) is 15.6. The summed E-state index contributed by atoms with van der Waals surface area (Å²) >= 11 is 8.28. The average molecular weight is 757 g/mol. The molecule has 52 heavy (non-hydrogen) atoms. The molecule has 13 heteroatoms. The van der Waals surface area contributed by atoms with E-state index in [1.807, 2.05) is 48.7 Å². The number of rotatable bonds is 19. The topological polar surface area (TPSA) is 162 Å². The number of para-hydroxylation sites is 1. The number of carbonyl (C=O) groups excluding carboxylic acids is 1. The second kappa shape index (κ2) is 18.0. The molecule has 2 saturated carbocycles. The van der Waals surface area contributed by atoms with Crippen molar-refractivity contribution in [2.24, 2.45) is 5.92 Å². The van der Waals surface area contributed by atoms with Crippen LogP contribution in [0.25, 0.3) is 11.1 Å². The Morgan fingerprint density at radius 1 is 1.02 bits per heavy atom. The minimum atomic E-state index is -1.95. The number of amides is 1. The first kappa shape index (κ1) is 38.9. The molecule has 0 bridgehead atoms. The van der Waals surface area contributed by atoms with Crippen molar-refractivity contribution in [3.05, 3.63) is 77.1 Å². The van der Waals surface area contributed by atoms with Gasteiger partial charge < -0.3 is 44.6 Å². The SMILES string of the molecule is O=C(C(O)C(O)C(O)C(O)CO)N(CCCSc1ccc(Cl)c(COC2(c3cnccc3-c3ccccc3OC3CC3)CC2)c1)CC1CCOCC1.